The van der Waals surface area contributed by atoms with Crippen molar-refractivity contribution in [2.45, 2.75) is 67.2 Å². The molecule has 0 amide bonds. The molecule has 0 bridgehead atoms. The zero-order valence-electron chi connectivity index (χ0n) is 40.3. The van der Waals surface area contributed by atoms with Crippen LogP contribution in [0.1, 0.15) is 72.9 Å². The van der Waals surface area contributed by atoms with Crippen LogP contribution in [0.2, 0.25) is 0 Å². The van der Waals surface area contributed by atoms with Crippen LogP contribution in [0.3, 0.4) is 0 Å². The summed E-state index contributed by atoms with van der Waals surface area (Å²) in [4.78, 5) is 0. The number of hydrogen-bond donors (Lipinski definition) is 0. The molecular weight excluding hydrogens is 959 g/mol. The monoisotopic (exact) mass is 1010 g/mol. The molecule has 0 spiro atoms. The summed E-state index contributed by atoms with van der Waals surface area (Å²) in [7, 11) is 10.7. The number of benzene rings is 8. The van der Waals surface area contributed by atoms with Gasteiger partial charge in [-0.05, 0) is 61.8 Å². The van der Waals surface area contributed by atoms with Crippen LogP contribution in [0.15, 0.2) is 188 Å². The van der Waals surface area contributed by atoms with E-state index in [1.165, 1.54) is 121 Å². The summed E-state index contributed by atoms with van der Waals surface area (Å²) in [6, 6.07) is 71.9. The van der Waals surface area contributed by atoms with E-state index in [0.717, 1.165) is 9.52 Å². The number of hydrogen-bond acceptors (Lipinski definition) is 0. The van der Waals surface area contributed by atoms with Crippen LogP contribution in [0.25, 0.3) is 77.2 Å². The van der Waals surface area contributed by atoms with E-state index < -0.39 is 20.8 Å². The topological polar surface area (TPSA) is 0 Å². The van der Waals surface area contributed by atoms with Gasteiger partial charge in [-0.1, -0.05) is 216 Å². The van der Waals surface area contributed by atoms with Crippen molar-refractivity contribution in [3.63, 3.8) is 0 Å². The first-order chi connectivity index (χ1) is 32.9. The standard InChI is InChI=1S/2C26H25.C12H7Si.2ClH.Zr/c2*1-17(2)24-11-10-21-15-22(20-8-6-5-7-9-20)16-25(21)26(24)23-13-18(3)12-19(4)14-23;1-3-7-11-9(5-1)10-6-2-4-8-12(10)13-11;;;/h2*5-17H,1-4H3;1-7H;2*1H;/q3*-1;;;+2/p-2. The maximum atomic E-state index is 4.93. The summed E-state index contributed by atoms with van der Waals surface area (Å²) in [6.45, 7) is 17.9. The molecule has 10 aromatic rings. The molecule has 1 aliphatic heterocycles. The van der Waals surface area contributed by atoms with Crippen LogP contribution in [0.5, 0.6) is 0 Å². The Balaban J connectivity index is 0.000000140. The van der Waals surface area contributed by atoms with Gasteiger partial charge in [0, 0.05) is 0 Å². The van der Waals surface area contributed by atoms with E-state index in [2.05, 4.69) is 243 Å². The molecule has 0 unspecified atom stereocenters. The second-order valence-electron chi connectivity index (χ2n) is 18.5. The van der Waals surface area contributed by atoms with Gasteiger partial charge in [-0.3, -0.25) is 0 Å². The number of rotatable bonds is 6. The Morgan fingerprint density at radius 3 is 1.31 bits per heavy atom. The Morgan fingerprint density at radius 2 is 0.868 bits per heavy atom. The van der Waals surface area contributed by atoms with Crippen molar-refractivity contribution in [2.24, 2.45) is 0 Å². The molecule has 0 nitrogen and oxygen atoms in total. The Bertz CT molecular complexity index is 3040. The van der Waals surface area contributed by atoms with E-state index >= 15 is 0 Å². The molecule has 4 heteroatoms. The second-order valence-corrected chi connectivity index (χ2v) is 23.6. The molecule has 338 valence electrons. The molecule has 0 saturated carbocycles. The maximum absolute atomic E-state index is 4.93. The van der Waals surface area contributed by atoms with Crippen LogP contribution in [0, 0.1) is 33.8 Å². The van der Waals surface area contributed by atoms with Crippen molar-refractivity contribution in [3.8, 4) is 55.6 Å². The Morgan fingerprint density at radius 1 is 0.456 bits per heavy atom. The summed E-state index contributed by atoms with van der Waals surface area (Å²) in [5.74, 6) is 0.982. The molecule has 10 aromatic carbocycles. The zero-order chi connectivity index (χ0) is 47.9. The minimum atomic E-state index is -0.826. The van der Waals surface area contributed by atoms with Gasteiger partial charge in [0.1, 0.15) is 0 Å². The van der Waals surface area contributed by atoms with Gasteiger partial charge in [0.15, 0.2) is 0 Å². The van der Waals surface area contributed by atoms with Crippen molar-refractivity contribution in [1.29, 1.82) is 0 Å². The molecule has 68 heavy (non-hydrogen) atoms. The summed E-state index contributed by atoms with van der Waals surface area (Å²) in [5, 5.41) is 8.19. The van der Waals surface area contributed by atoms with Gasteiger partial charge in [0.05, 0.1) is 9.52 Å². The van der Waals surface area contributed by atoms with Crippen LogP contribution in [-0.2, 0) is 20.8 Å². The normalized spacial score (nSPS) is 11.3. The van der Waals surface area contributed by atoms with Crippen molar-refractivity contribution in [1.82, 2.24) is 0 Å². The van der Waals surface area contributed by atoms with Crippen molar-refractivity contribution in [3.05, 3.63) is 228 Å². The molecule has 1 heterocycles. The van der Waals surface area contributed by atoms with Gasteiger partial charge >= 0.3 is 37.9 Å². The average Bonchev–Trinajstić information content (AvgIpc) is 4.07. The summed E-state index contributed by atoms with van der Waals surface area (Å²) < 4.78 is 0. The van der Waals surface area contributed by atoms with Gasteiger partial charge in [0.2, 0.25) is 0 Å². The Labute approximate surface area is 426 Å². The molecule has 11 rings (SSSR count). The van der Waals surface area contributed by atoms with E-state index in [4.69, 9.17) is 17.0 Å². The molecule has 0 aromatic heterocycles. The van der Waals surface area contributed by atoms with Crippen molar-refractivity contribution in [2.75, 3.05) is 0 Å². The SMILES string of the molecule is Cc1cc(C)cc(-c2c(C(C)C)ccc3[cH-]c(-c4ccccc4)cc23)c1.Cc1cc(C)cc(-c2c(C(C)C)ccc3[cH-]c(-c4ccccc4)cc23)c1.[Cl][Zr][Cl].[c-]1cccc2c1[Si]c1ccccc1-2. The predicted octanol–water partition coefficient (Wildman–Crippen LogP) is 17.8. The van der Waals surface area contributed by atoms with E-state index in [-0.39, 0.29) is 0 Å². The molecular formula is C64H57Cl2SiZr-3. The first-order valence-corrected chi connectivity index (χ1v) is 30.8. The van der Waals surface area contributed by atoms with Gasteiger partial charge in [-0.25, -0.2) is 0 Å². The first kappa shape index (κ1) is 49.1. The molecule has 1 aliphatic rings. The van der Waals surface area contributed by atoms with Crippen LogP contribution >= 0.6 is 17.0 Å². The molecule has 0 N–H and O–H groups in total. The van der Waals surface area contributed by atoms with Gasteiger partial charge in [-0.2, -0.15) is 29.5 Å². The fourth-order valence-electron chi connectivity index (χ4n) is 9.76. The van der Waals surface area contributed by atoms with E-state index in [1.54, 1.807) is 0 Å². The Kier molecular flexibility index (Phi) is 16.2. The second kappa shape index (κ2) is 22.4. The van der Waals surface area contributed by atoms with E-state index in [1.807, 2.05) is 6.07 Å². The minimum absolute atomic E-state index is 0.491. The van der Waals surface area contributed by atoms with Gasteiger partial charge in [0.25, 0.3) is 0 Å². The largest absolute Gasteiger partial charge is 0.184 e. The van der Waals surface area contributed by atoms with Gasteiger partial charge < -0.3 is 0 Å². The smallest absolute Gasteiger partial charge is 0.0920 e. The Hall–Kier alpha value is -5.34. The predicted molar refractivity (Wildman–Crippen MR) is 295 cm³/mol. The summed E-state index contributed by atoms with van der Waals surface area (Å²) >= 11 is -0.826. The number of halogens is 2. The maximum Gasteiger partial charge on any atom is 0.0920 e. The quantitative estimate of drug-likeness (QED) is 0.115. The van der Waals surface area contributed by atoms with E-state index in [0.29, 0.717) is 11.8 Å². The molecule has 0 aliphatic carbocycles. The summed E-state index contributed by atoms with van der Waals surface area (Å²) in [5.41, 5.74) is 21.5. The third kappa shape index (κ3) is 11.2. The van der Waals surface area contributed by atoms with Crippen molar-refractivity contribution >= 4 is 58.5 Å². The minimum Gasteiger partial charge on any atom is -0.184 e. The molecule has 0 saturated heterocycles. The molecule has 0 atom stereocenters. The molecule has 0 fully saturated rings. The van der Waals surface area contributed by atoms with Crippen LogP contribution in [-0.4, -0.2) is 9.52 Å². The first-order valence-electron chi connectivity index (χ1n) is 23.5. The third-order valence-corrected chi connectivity index (χ3v) is 14.0. The van der Waals surface area contributed by atoms with Gasteiger partial charge in [-0.15, -0.1) is 74.6 Å². The van der Waals surface area contributed by atoms with Crippen LogP contribution in [0.4, 0.5) is 0 Å². The van der Waals surface area contributed by atoms with E-state index in [9.17, 15) is 0 Å². The average molecular weight is 1020 g/mol. The molecule has 2 radical (unpaired) electrons. The van der Waals surface area contributed by atoms with Crippen LogP contribution < -0.4 is 10.4 Å². The fourth-order valence-corrected chi connectivity index (χ4v) is 11.1. The van der Waals surface area contributed by atoms with Crippen molar-refractivity contribution < 1.29 is 20.8 Å². The number of aryl methyl sites for hydroxylation is 4. The summed E-state index contributed by atoms with van der Waals surface area (Å²) in [6.07, 6.45) is 0. The zero-order valence-corrected chi connectivity index (χ0v) is 45.3. The fraction of sp³-hybridized carbons (Fsp3) is 0.156. The third-order valence-electron chi connectivity index (χ3n) is 12.7. The number of fused-ring (bicyclic) bond motifs is 5.